The summed E-state index contributed by atoms with van der Waals surface area (Å²) in [4.78, 5) is 43.9. The number of amides is 4. The lowest BCUT2D eigenvalue weighted by atomic mass is 9.94. The number of hydrogen-bond acceptors (Lipinski definition) is 4. The summed E-state index contributed by atoms with van der Waals surface area (Å²) in [6.45, 7) is 2.81. The Morgan fingerprint density at radius 3 is 2.38 bits per heavy atom. The molecule has 144 valence electrons. The molecule has 4 fully saturated rings. The van der Waals surface area contributed by atoms with Crippen LogP contribution in [0.2, 0.25) is 0 Å². The first kappa shape index (κ1) is 17.8. The average Bonchev–Trinajstić information content (AvgIpc) is 2.84. The summed E-state index contributed by atoms with van der Waals surface area (Å²) in [7, 11) is 0. The molecule has 3 heterocycles. The van der Waals surface area contributed by atoms with Crippen LogP contribution in [0.15, 0.2) is 0 Å². The van der Waals surface area contributed by atoms with Gasteiger partial charge in [-0.25, -0.2) is 4.79 Å². The van der Waals surface area contributed by atoms with E-state index >= 15 is 0 Å². The average molecular weight is 363 g/mol. The van der Waals surface area contributed by atoms with Gasteiger partial charge in [0.15, 0.2) is 0 Å². The molecule has 4 aliphatic rings. The Morgan fingerprint density at radius 2 is 1.65 bits per heavy atom. The minimum atomic E-state index is -0.490. The van der Waals surface area contributed by atoms with Crippen molar-refractivity contribution < 1.29 is 19.1 Å². The van der Waals surface area contributed by atoms with Crippen LogP contribution in [0.1, 0.15) is 51.4 Å². The summed E-state index contributed by atoms with van der Waals surface area (Å²) < 4.78 is 5.36. The van der Waals surface area contributed by atoms with E-state index in [2.05, 4.69) is 0 Å². The van der Waals surface area contributed by atoms with Gasteiger partial charge in [0.25, 0.3) is 5.91 Å². The van der Waals surface area contributed by atoms with Gasteiger partial charge < -0.3 is 14.5 Å². The van der Waals surface area contributed by atoms with Gasteiger partial charge in [0.2, 0.25) is 5.91 Å². The molecule has 0 spiro atoms. The fourth-order valence-electron chi connectivity index (χ4n) is 4.90. The first-order valence-corrected chi connectivity index (χ1v) is 10.2. The van der Waals surface area contributed by atoms with Crippen molar-refractivity contribution in [2.24, 2.45) is 5.92 Å². The van der Waals surface area contributed by atoms with E-state index in [-0.39, 0.29) is 29.8 Å². The minimum Gasteiger partial charge on any atom is -0.381 e. The molecule has 3 aliphatic heterocycles. The zero-order valence-electron chi connectivity index (χ0n) is 15.4. The van der Waals surface area contributed by atoms with Gasteiger partial charge in [-0.05, 0) is 32.1 Å². The third-order valence-corrected chi connectivity index (χ3v) is 6.39. The molecule has 7 heteroatoms. The number of nitrogens with zero attached hydrogens (tertiary/aromatic N) is 3. The van der Waals surface area contributed by atoms with Gasteiger partial charge >= 0.3 is 6.03 Å². The van der Waals surface area contributed by atoms with Crippen LogP contribution in [-0.4, -0.2) is 77.5 Å². The van der Waals surface area contributed by atoms with E-state index in [1.807, 2.05) is 4.90 Å². The van der Waals surface area contributed by atoms with Crippen molar-refractivity contribution in [1.82, 2.24) is 14.7 Å². The normalized spacial score (nSPS) is 29.1. The van der Waals surface area contributed by atoms with Crippen LogP contribution in [0, 0.1) is 5.92 Å². The lowest BCUT2D eigenvalue weighted by Crippen LogP contribution is -2.47. The highest BCUT2D eigenvalue weighted by Crippen LogP contribution is 2.31. The third kappa shape index (κ3) is 3.21. The first-order valence-electron chi connectivity index (χ1n) is 10.2. The molecule has 0 radical (unpaired) electrons. The van der Waals surface area contributed by atoms with Gasteiger partial charge in [0, 0.05) is 38.3 Å². The Kier molecular flexibility index (Phi) is 5.16. The van der Waals surface area contributed by atoms with Crippen LogP contribution < -0.4 is 0 Å². The van der Waals surface area contributed by atoms with E-state index in [0.29, 0.717) is 32.8 Å². The molecule has 26 heavy (non-hydrogen) atoms. The number of urea groups is 1. The second-order valence-corrected chi connectivity index (χ2v) is 8.02. The topological polar surface area (TPSA) is 70.2 Å². The fourth-order valence-corrected chi connectivity index (χ4v) is 4.90. The van der Waals surface area contributed by atoms with Crippen LogP contribution in [0.5, 0.6) is 0 Å². The van der Waals surface area contributed by atoms with E-state index in [9.17, 15) is 14.4 Å². The lowest BCUT2D eigenvalue weighted by Gasteiger charge is -2.30. The highest BCUT2D eigenvalue weighted by Gasteiger charge is 2.49. The smallest absolute Gasteiger partial charge is 0.327 e. The molecule has 7 nitrogen and oxygen atoms in total. The Morgan fingerprint density at radius 1 is 0.923 bits per heavy atom. The van der Waals surface area contributed by atoms with Crippen molar-refractivity contribution >= 4 is 17.8 Å². The Balaban J connectivity index is 1.47. The molecule has 4 amide bonds. The number of imide groups is 1. The quantitative estimate of drug-likeness (QED) is 0.699. The van der Waals surface area contributed by atoms with Gasteiger partial charge in [-0.15, -0.1) is 0 Å². The van der Waals surface area contributed by atoms with E-state index in [0.717, 1.165) is 44.9 Å². The minimum absolute atomic E-state index is 0.00282. The largest absolute Gasteiger partial charge is 0.381 e. The Bertz CT molecular complexity index is 569. The van der Waals surface area contributed by atoms with Crippen molar-refractivity contribution in [3.05, 3.63) is 0 Å². The molecule has 0 aromatic carbocycles. The van der Waals surface area contributed by atoms with Crippen LogP contribution in [0.25, 0.3) is 0 Å². The fraction of sp³-hybridized carbons (Fsp3) is 0.842. The summed E-state index contributed by atoms with van der Waals surface area (Å²) in [5, 5.41) is 0. The monoisotopic (exact) mass is 363 g/mol. The first-order chi connectivity index (χ1) is 12.7. The summed E-state index contributed by atoms with van der Waals surface area (Å²) in [5.74, 6) is 0.0389. The standard InChI is InChI=1S/C19H29N3O4/c23-17(14-7-11-26-12-8-14)20-9-4-10-21-16(13-20)18(24)22(19(21)25)15-5-2-1-3-6-15/h14-16H,1-13H2. The van der Waals surface area contributed by atoms with Crippen molar-refractivity contribution in [2.75, 3.05) is 32.8 Å². The zero-order valence-corrected chi connectivity index (χ0v) is 15.4. The molecule has 0 aromatic rings. The third-order valence-electron chi connectivity index (χ3n) is 6.39. The number of carbonyl (C=O) groups excluding carboxylic acids is 3. The Labute approximate surface area is 154 Å². The van der Waals surface area contributed by atoms with Gasteiger partial charge in [-0.1, -0.05) is 19.3 Å². The second kappa shape index (κ2) is 7.55. The van der Waals surface area contributed by atoms with E-state index in [1.165, 1.54) is 11.3 Å². The van der Waals surface area contributed by atoms with Crippen LogP contribution in [-0.2, 0) is 14.3 Å². The van der Waals surface area contributed by atoms with Crippen molar-refractivity contribution in [2.45, 2.75) is 63.5 Å². The molecule has 1 saturated carbocycles. The predicted molar refractivity (Wildman–Crippen MR) is 94.3 cm³/mol. The second-order valence-electron chi connectivity index (χ2n) is 8.02. The zero-order chi connectivity index (χ0) is 18.1. The van der Waals surface area contributed by atoms with Crippen molar-refractivity contribution in [3.63, 3.8) is 0 Å². The number of rotatable bonds is 2. The summed E-state index contributed by atoms with van der Waals surface area (Å²) in [6.07, 6.45) is 7.44. The van der Waals surface area contributed by atoms with Gasteiger partial charge in [-0.2, -0.15) is 0 Å². The number of hydrogen-bond donors (Lipinski definition) is 0. The summed E-state index contributed by atoms with van der Waals surface area (Å²) in [5.41, 5.74) is 0. The number of carbonyl (C=O) groups is 3. The van der Waals surface area contributed by atoms with Crippen LogP contribution in [0.3, 0.4) is 0 Å². The summed E-state index contributed by atoms with van der Waals surface area (Å²) >= 11 is 0. The van der Waals surface area contributed by atoms with Crippen molar-refractivity contribution in [3.8, 4) is 0 Å². The molecule has 0 bridgehead atoms. The summed E-state index contributed by atoms with van der Waals surface area (Å²) in [6, 6.07) is -0.571. The highest BCUT2D eigenvalue weighted by atomic mass is 16.5. The molecule has 3 saturated heterocycles. The molecule has 1 atom stereocenters. The molecule has 0 aromatic heterocycles. The molecule has 4 rings (SSSR count). The van der Waals surface area contributed by atoms with E-state index < -0.39 is 6.04 Å². The van der Waals surface area contributed by atoms with E-state index in [4.69, 9.17) is 4.74 Å². The molecule has 1 aliphatic carbocycles. The maximum Gasteiger partial charge on any atom is 0.327 e. The van der Waals surface area contributed by atoms with Crippen molar-refractivity contribution in [1.29, 1.82) is 0 Å². The van der Waals surface area contributed by atoms with Gasteiger partial charge in [0.05, 0.1) is 6.54 Å². The van der Waals surface area contributed by atoms with Gasteiger partial charge in [0.1, 0.15) is 6.04 Å². The van der Waals surface area contributed by atoms with E-state index in [1.54, 1.807) is 4.90 Å². The van der Waals surface area contributed by atoms with Gasteiger partial charge in [-0.3, -0.25) is 14.5 Å². The predicted octanol–water partition coefficient (Wildman–Crippen LogP) is 1.61. The lowest BCUT2D eigenvalue weighted by molar-refractivity contribution is -0.139. The maximum atomic E-state index is 13.1. The SMILES string of the molecule is O=C(C1CCOCC1)N1CCCN2C(=O)N(C3CCCCC3)C(=O)C2C1. The number of ether oxygens (including phenoxy) is 1. The maximum absolute atomic E-state index is 13.1. The molecular formula is C19H29N3O4. The number of fused-ring (bicyclic) bond motifs is 1. The molecular weight excluding hydrogens is 334 g/mol. The molecule has 1 unspecified atom stereocenters. The Hall–Kier alpha value is -1.63. The highest BCUT2D eigenvalue weighted by molar-refractivity contribution is 6.05. The van der Waals surface area contributed by atoms with Crippen LogP contribution in [0.4, 0.5) is 4.79 Å². The molecule has 0 N–H and O–H groups in total. The van der Waals surface area contributed by atoms with Crippen LogP contribution >= 0.6 is 0 Å².